The van der Waals surface area contributed by atoms with Gasteiger partial charge in [0.05, 0.1) is 9.30 Å². The fourth-order valence-corrected chi connectivity index (χ4v) is 3.47. The van der Waals surface area contributed by atoms with Gasteiger partial charge >= 0.3 is 0 Å². The summed E-state index contributed by atoms with van der Waals surface area (Å²) in [7, 11) is 2.01. The van der Waals surface area contributed by atoms with Crippen molar-refractivity contribution in [2.45, 2.75) is 6.54 Å². The van der Waals surface area contributed by atoms with Crippen LogP contribution in [0, 0.1) is 0 Å². The van der Waals surface area contributed by atoms with Crippen molar-refractivity contribution >= 4 is 55.6 Å². The number of halogens is 2. The van der Waals surface area contributed by atoms with E-state index in [1.807, 2.05) is 31.3 Å². The number of hydrogen-bond acceptors (Lipinski definition) is 4. The van der Waals surface area contributed by atoms with E-state index in [0.717, 1.165) is 27.1 Å². The van der Waals surface area contributed by atoms with Crippen molar-refractivity contribution in [2.75, 3.05) is 11.9 Å². The van der Waals surface area contributed by atoms with Gasteiger partial charge in [0, 0.05) is 19.0 Å². The van der Waals surface area contributed by atoms with Crippen LogP contribution in [-0.4, -0.2) is 17.0 Å². The summed E-state index contributed by atoms with van der Waals surface area (Å²) in [6, 6.07) is 10.0. The first-order chi connectivity index (χ1) is 9.63. The Labute approximate surface area is 134 Å². The summed E-state index contributed by atoms with van der Waals surface area (Å²) in [5.41, 5.74) is 2.10. The fourth-order valence-electron chi connectivity index (χ4n) is 2.10. The third kappa shape index (κ3) is 2.80. The number of anilines is 1. The molecule has 3 aromatic rings. The SMILES string of the molecule is CN(Cc1csc(Br)c1)c1nc(Cl)nc2ccccc12. The molecule has 0 unspecified atom stereocenters. The second kappa shape index (κ2) is 5.68. The molecule has 0 atom stereocenters. The predicted molar refractivity (Wildman–Crippen MR) is 88.7 cm³/mol. The van der Waals surface area contributed by atoms with Gasteiger partial charge in [0.1, 0.15) is 5.82 Å². The zero-order valence-corrected chi connectivity index (χ0v) is 13.8. The van der Waals surface area contributed by atoms with Gasteiger partial charge in [-0.3, -0.25) is 0 Å². The Morgan fingerprint density at radius 3 is 2.85 bits per heavy atom. The van der Waals surface area contributed by atoms with Crippen LogP contribution in [-0.2, 0) is 6.54 Å². The standard InChI is InChI=1S/C14H11BrClN3S/c1-19(7-9-6-12(15)20-8-9)13-10-4-2-3-5-11(10)17-14(16)18-13/h2-6,8H,7H2,1H3. The first-order valence-electron chi connectivity index (χ1n) is 6.00. The molecule has 0 saturated heterocycles. The van der Waals surface area contributed by atoms with E-state index >= 15 is 0 Å². The molecular formula is C14H11BrClN3S. The van der Waals surface area contributed by atoms with E-state index < -0.39 is 0 Å². The minimum absolute atomic E-state index is 0.275. The molecule has 0 fully saturated rings. The molecule has 0 aliphatic carbocycles. The Morgan fingerprint density at radius 1 is 1.30 bits per heavy atom. The summed E-state index contributed by atoms with van der Waals surface area (Å²) in [4.78, 5) is 10.7. The number of aromatic nitrogens is 2. The number of thiophene rings is 1. The minimum atomic E-state index is 0.275. The minimum Gasteiger partial charge on any atom is -0.355 e. The Bertz CT molecular complexity index is 759. The quantitative estimate of drug-likeness (QED) is 0.625. The molecule has 0 radical (unpaired) electrons. The first-order valence-corrected chi connectivity index (χ1v) is 8.05. The smallest absolute Gasteiger partial charge is 0.224 e. The topological polar surface area (TPSA) is 29.0 Å². The molecule has 102 valence electrons. The maximum Gasteiger partial charge on any atom is 0.224 e. The van der Waals surface area contributed by atoms with Crippen LogP contribution in [0.1, 0.15) is 5.56 Å². The summed E-state index contributed by atoms with van der Waals surface area (Å²) >= 11 is 11.2. The van der Waals surface area contributed by atoms with Crippen LogP contribution in [0.25, 0.3) is 10.9 Å². The molecule has 0 aliphatic heterocycles. The van der Waals surface area contributed by atoms with Crippen molar-refractivity contribution < 1.29 is 0 Å². The van der Waals surface area contributed by atoms with Gasteiger partial charge in [-0.05, 0) is 56.7 Å². The van der Waals surface area contributed by atoms with E-state index in [1.54, 1.807) is 11.3 Å². The van der Waals surface area contributed by atoms with Gasteiger partial charge < -0.3 is 4.90 Å². The molecular weight excluding hydrogens is 358 g/mol. The summed E-state index contributed by atoms with van der Waals surface area (Å²) in [6.45, 7) is 0.777. The monoisotopic (exact) mass is 367 g/mol. The largest absolute Gasteiger partial charge is 0.355 e. The van der Waals surface area contributed by atoms with Gasteiger partial charge in [-0.15, -0.1) is 11.3 Å². The van der Waals surface area contributed by atoms with Crippen LogP contribution < -0.4 is 4.90 Å². The number of rotatable bonds is 3. The highest BCUT2D eigenvalue weighted by Crippen LogP contribution is 2.27. The lowest BCUT2D eigenvalue weighted by atomic mass is 10.2. The van der Waals surface area contributed by atoms with Crippen LogP contribution in [0.5, 0.6) is 0 Å². The van der Waals surface area contributed by atoms with Crippen LogP contribution >= 0.6 is 38.9 Å². The molecule has 0 saturated carbocycles. The van der Waals surface area contributed by atoms with Crippen molar-refractivity contribution in [1.82, 2.24) is 9.97 Å². The third-order valence-electron chi connectivity index (χ3n) is 2.96. The molecule has 1 aromatic carbocycles. The van der Waals surface area contributed by atoms with E-state index in [2.05, 4.69) is 42.2 Å². The Balaban J connectivity index is 2.00. The molecule has 0 N–H and O–H groups in total. The molecule has 2 heterocycles. The predicted octanol–water partition coefficient (Wildman–Crippen LogP) is 4.74. The molecule has 0 aliphatic rings. The van der Waals surface area contributed by atoms with Crippen LogP contribution in [0.15, 0.2) is 39.5 Å². The van der Waals surface area contributed by atoms with Crippen molar-refractivity contribution in [3.05, 3.63) is 50.3 Å². The van der Waals surface area contributed by atoms with Crippen molar-refractivity contribution in [3.8, 4) is 0 Å². The van der Waals surface area contributed by atoms with E-state index in [9.17, 15) is 0 Å². The van der Waals surface area contributed by atoms with Crippen LogP contribution in [0.4, 0.5) is 5.82 Å². The Hall–Kier alpha value is -1.17. The van der Waals surface area contributed by atoms with Crippen LogP contribution in [0.2, 0.25) is 5.28 Å². The lowest BCUT2D eigenvalue weighted by Gasteiger charge is -2.19. The van der Waals surface area contributed by atoms with Crippen molar-refractivity contribution in [1.29, 1.82) is 0 Å². The van der Waals surface area contributed by atoms with E-state index in [0.29, 0.717) is 0 Å². The number of nitrogens with zero attached hydrogens (tertiary/aromatic N) is 3. The summed E-state index contributed by atoms with van der Waals surface area (Å²) < 4.78 is 1.13. The number of para-hydroxylation sites is 1. The Morgan fingerprint density at radius 2 is 2.10 bits per heavy atom. The third-order valence-corrected chi connectivity index (χ3v) is 4.68. The second-order valence-electron chi connectivity index (χ2n) is 4.45. The number of benzene rings is 1. The summed E-state index contributed by atoms with van der Waals surface area (Å²) in [5.74, 6) is 0.850. The number of fused-ring (bicyclic) bond motifs is 1. The summed E-state index contributed by atoms with van der Waals surface area (Å²) in [5, 5.41) is 3.41. The van der Waals surface area contributed by atoms with Gasteiger partial charge in [-0.1, -0.05) is 12.1 Å². The fraction of sp³-hybridized carbons (Fsp3) is 0.143. The maximum absolute atomic E-state index is 6.02. The average Bonchev–Trinajstić information content (AvgIpc) is 2.83. The lowest BCUT2D eigenvalue weighted by Crippen LogP contribution is -2.18. The average molecular weight is 369 g/mol. The first kappa shape index (κ1) is 13.8. The lowest BCUT2D eigenvalue weighted by molar-refractivity contribution is 0.904. The molecule has 3 nitrogen and oxygen atoms in total. The molecule has 3 rings (SSSR count). The highest BCUT2D eigenvalue weighted by atomic mass is 79.9. The van der Waals surface area contributed by atoms with Gasteiger partial charge in [0.15, 0.2) is 0 Å². The van der Waals surface area contributed by atoms with Gasteiger partial charge in [0.2, 0.25) is 5.28 Å². The number of hydrogen-bond donors (Lipinski definition) is 0. The van der Waals surface area contributed by atoms with Gasteiger partial charge in [-0.25, -0.2) is 4.98 Å². The second-order valence-corrected chi connectivity index (χ2v) is 7.08. The van der Waals surface area contributed by atoms with Crippen LogP contribution in [0.3, 0.4) is 0 Å². The Kier molecular flexibility index (Phi) is 3.92. The molecule has 0 bridgehead atoms. The highest BCUT2D eigenvalue weighted by molar-refractivity contribution is 9.11. The highest BCUT2D eigenvalue weighted by Gasteiger charge is 2.11. The summed E-state index contributed by atoms with van der Waals surface area (Å²) in [6.07, 6.45) is 0. The molecule has 20 heavy (non-hydrogen) atoms. The maximum atomic E-state index is 6.02. The molecule has 6 heteroatoms. The molecule has 0 spiro atoms. The normalized spacial score (nSPS) is 10.9. The zero-order chi connectivity index (χ0) is 14.1. The van der Waals surface area contributed by atoms with E-state index in [1.165, 1.54) is 5.56 Å². The molecule has 2 aromatic heterocycles. The van der Waals surface area contributed by atoms with E-state index in [4.69, 9.17) is 11.6 Å². The van der Waals surface area contributed by atoms with Crippen molar-refractivity contribution in [2.24, 2.45) is 0 Å². The van der Waals surface area contributed by atoms with Crippen molar-refractivity contribution in [3.63, 3.8) is 0 Å². The van der Waals surface area contributed by atoms with Gasteiger partial charge in [0.25, 0.3) is 0 Å². The molecule has 0 amide bonds. The zero-order valence-electron chi connectivity index (χ0n) is 10.7. The van der Waals surface area contributed by atoms with Gasteiger partial charge in [-0.2, -0.15) is 4.98 Å². The van der Waals surface area contributed by atoms with E-state index in [-0.39, 0.29) is 5.28 Å².